The standard InChI is InChI=1S/C25H33N3O5/c1-3-28(4-2)19-13-12-18-16-21(24(30)33-22(18)17-19)23(29)26-14-15-27-25(31)32-20-10-8-6-5-7-9-11-20/h8,10,12-13,16-17,20H,3-7,9,11,14-15H2,1-2H3,(H,26,29)(H,27,31)/b10-8-/t20-/m0/s1. The van der Waals surface area contributed by atoms with E-state index in [9.17, 15) is 14.4 Å². The number of allylic oxidation sites excluding steroid dienone is 1. The number of rotatable bonds is 8. The fraction of sp³-hybridized carbons (Fsp3) is 0.480. The SMILES string of the molecule is CCN(CC)c1ccc2cc(C(=O)NCCNC(=O)O[C@H]3/C=C\CCCCC3)c(=O)oc2c1. The van der Waals surface area contributed by atoms with Crippen molar-refractivity contribution in [2.75, 3.05) is 31.1 Å². The second kappa shape index (κ2) is 12.1. The van der Waals surface area contributed by atoms with Crippen LogP contribution in [0.2, 0.25) is 0 Å². The highest BCUT2D eigenvalue weighted by Crippen LogP contribution is 2.22. The fourth-order valence-electron chi connectivity index (χ4n) is 3.89. The molecule has 0 radical (unpaired) electrons. The summed E-state index contributed by atoms with van der Waals surface area (Å²) in [5.74, 6) is -0.545. The zero-order chi connectivity index (χ0) is 23.6. The van der Waals surface area contributed by atoms with E-state index in [-0.39, 0.29) is 24.8 Å². The number of carbonyl (C=O) groups excluding carboxylic acids is 2. The van der Waals surface area contributed by atoms with Crippen molar-refractivity contribution in [3.63, 3.8) is 0 Å². The quantitative estimate of drug-likeness (QED) is 0.355. The zero-order valence-corrected chi connectivity index (χ0v) is 19.4. The van der Waals surface area contributed by atoms with Crippen LogP contribution in [0.15, 0.2) is 45.6 Å². The molecule has 1 atom stereocenters. The monoisotopic (exact) mass is 455 g/mol. The van der Waals surface area contributed by atoms with Crippen LogP contribution in [0.4, 0.5) is 10.5 Å². The van der Waals surface area contributed by atoms with E-state index in [1.54, 1.807) is 0 Å². The normalized spacial score (nSPS) is 17.0. The van der Waals surface area contributed by atoms with Crippen LogP contribution in [0.3, 0.4) is 0 Å². The van der Waals surface area contributed by atoms with Gasteiger partial charge in [-0.3, -0.25) is 4.79 Å². The summed E-state index contributed by atoms with van der Waals surface area (Å²) in [4.78, 5) is 39.0. The Morgan fingerprint density at radius 1 is 1.09 bits per heavy atom. The third-order valence-corrected chi connectivity index (χ3v) is 5.74. The fourth-order valence-corrected chi connectivity index (χ4v) is 3.89. The van der Waals surface area contributed by atoms with Crippen LogP contribution in [-0.2, 0) is 4.74 Å². The van der Waals surface area contributed by atoms with Gasteiger partial charge in [-0.15, -0.1) is 0 Å². The van der Waals surface area contributed by atoms with E-state index in [2.05, 4.69) is 35.5 Å². The smallest absolute Gasteiger partial charge is 0.407 e. The summed E-state index contributed by atoms with van der Waals surface area (Å²) in [6.07, 6.45) is 8.41. The first-order valence-electron chi connectivity index (χ1n) is 11.7. The van der Waals surface area contributed by atoms with Crippen LogP contribution in [0, 0.1) is 0 Å². The van der Waals surface area contributed by atoms with Crippen LogP contribution in [0.25, 0.3) is 11.0 Å². The number of nitrogens with zero attached hydrogens (tertiary/aromatic N) is 1. The summed E-state index contributed by atoms with van der Waals surface area (Å²) in [6.45, 7) is 6.14. The van der Waals surface area contributed by atoms with Crippen molar-refractivity contribution < 1.29 is 18.7 Å². The summed E-state index contributed by atoms with van der Waals surface area (Å²) >= 11 is 0. The highest BCUT2D eigenvalue weighted by molar-refractivity contribution is 5.97. The van der Waals surface area contributed by atoms with Crippen molar-refractivity contribution in [3.8, 4) is 0 Å². The third-order valence-electron chi connectivity index (χ3n) is 5.74. The molecular formula is C25H33N3O5. The van der Waals surface area contributed by atoms with Gasteiger partial charge < -0.3 is 24.7 Å². The molecule has 178 valence electrons. The largest absolute Gasteiger partial charge is 0.442 e. The molecule has 1 heterocycles. The van der Waals surface area contributed by atoms with E-state index in [0.717, 1.165) is 44.5 Å². The van der Waals surface area contributed by atoms with Gasteiger partial charge in [-0.2, -0.15) is 0 Å². The molecule has 8 nitrogen and oxygen atoms in total. The summed E-state index contributed by atoms with van der Waals surface area (Å²) < 4.78 is 10.8. The predicted molar refractivity (Wildman–Crippen MR) is 129 cm³/mol. The molecule has 2 N–H and O–H groups in total. The van der Waals surface area contributed by atoms with Crippen LogP contribution < -0.4 is 21.2 Å². The summed E-state index contributed by atoms with van der Waals surface area (Å²) in [5.41, 5.74) is 0.634. The Balaban J connectivity index is 1.52. The lowest BCUT2D eigenvalue weighted by Crippen LogP contribution is -2.37. The number of anilines is 1. The Hall–Kier alpha value is -3.29. The lowest BCUT2D eigenvalue weighted by atomic mass is 10.0. The molecule has 2 aromatic rings. The first-order valence-corrected chi connectivity index (χ1v) is 11.7. The molecule has 1 aromatic carbocycles. The van der Waals surface area contributed by atoms with Crippen molar-refractivity contribution in [1.29, 1.82) is 0 Å². The number of hydrogen-bond acceptors (Lipinski definition) is 6. The number of ether oxygens (including phenoxy) is 1. The van der Waals surface area contributed by atoms with Gasteiger partial charge in [0.05, 0.1) is 0 Å². The molecule has 0 aliphatic heterocycles. The number of carbonyl (C=O) groups is 2. The van der Waals surface area contributed by atoms with Gasteiger partial charge in [0.25, 0.3) is 5.91 Å². The van der Waals surface area contributed by atoms with E-state index in [0.29, 0.717) is 11.0 Å². The maximum atomic E-state index is 12.5. The number of amides is 2. The molecule has 1 aliphatic carbocycles. The van der Waals surface area contributed by atoms with E-state index >= 15 is 0 Å². The van der Waals surface area contributed by atoms with Crippen molar-refractivity contribution >= 4 is 28.7 Å². The van der Waals surface area contributed by atoms with Gasteiger partial charge in [0.1, 0.15) is 17.3 Å². The molecule has 0 saturated heterocycles. The Morgan fingerprint density at radius 2 is 1.88 bits per heavy atom. The number of alkyl carbamates (subject to hydrolysis) is 1. The van der Waals surface area contributed by atoms with Crippen LogP contribution in [0.1, 0.15) is 56.3 Å². The first-order chi connectivity index (χ1) is 16.0. The summed E-state index contributed by atoms with van der Waals surface area (Å²) in [5, 5.41) is 5.94. The molecular weight excluding hydrogens is 422 g/mol. The van der Waals surface area contributed by atoms with E-state index in [1.807, 2.05) is 24.3 Å². The average Bonchev–Trinajstić information content (AvgIpc) is 2.78. The number of hydrogen-bond donors (Lipinski definition) is 2. The third kappa shape index (κ3) is 6.84. The molecule has 0 spiro atoms. The van der Waals surface area contributed by atoms with Crippen molar-refractivity contribution in [2.24, 2.45) is 0 Å². The Kier molecular flexibility index (Phi) is 8.92. The first kappa shape index (κ1) is 24.4. The van der Waals surface area contributed by atoms with Crippen LogP contribution >= 0.6 is 0 Å². The van der Waals surface area contributed by atoms with Gasteiger partial charge in [-0.1, -0.05) is 12.5 Å². The molecule has 0 unspecified atom stereocenters. The Labute approximate surface area is 194 Å². The molecule has 8 heteroatoms. The molecule has 1 aromatic heterocycles. The van der Waals surface area contributed by atoms with Crippen molar-refractivity contribution in [1.82, 2.24) is 10.6 Å². The lowest BCUT2D eigenvalue weighted by molar-refractivity contribution is 0.0944. The Bertz CT molecular complexity index is 1040. The minimum atomic E-state index is -0.694. The minimum Gasteiger partial charge on any atom is -0.442 e. The molecule has 1 aliphatic rings. The number of nitrogens with one attached hydrogen (secondary N) is 2. The summed E-state index contributed by atoms with van der Waals surface area (Å²) in [7, 11) is 0. The van der Waals surface area contributed by atoms with Gasteiger partial charge in [0, 0.05) is 43.3 Å². The second-order valence-electron chi connectivity index (χ2n) is 8.03. The van der Waals surface area contributed by atoms with Gasteiger partial charge >= 0.3 is 11.7 Å². The summed E-state index contributed by atoms with van der Waals surface area (Å²) in [6, 6.07) is 7.12. The number of fused-ring (bicyclic) bond motifs is 1. The van der Waals surface area contributed by atoms with Gasteiger partial charge in [-0.05, 0) is 63.8 Å². The molecule has 3 rings (SSSR count). The average molecular weight is 456 g/mol. The molecule has 2 amide bonds. The van der Waals surface area contributed by atoms with Gasteiger partial charge in [-0.25, -0.2) is 9.59 Å². The van der Waals surface area contributed by atoms with Crippen LogP contribution in [0.5, 0.6) is 0 Å². The van der Waals surface area contributed by atoms with Gasteiger partial charge in [0.15, 0.2) is 0 Å². The Morgan fingerprint density at radius 3 is 2.67 bits per heavy atom. The molecule has 33 heavy (non-hydrogen) atoms. The predicted octanol–water partition coefficient (Wildman–Crippen LogP) is 3.98. The van der Waals surface area contributed by atoms with Gasteiger partial charge in [0.2, 0.25) is 0 Å². The van der Waals surface area contributed by atoms with E-state index in [1.165, 1.54) is 12.5 Å². The maximum Gasteiger partial charge on any atom is 0.407 e. The topological polar surface area (TPSA) is 101 Å². The molecule has 0 fully saturated rings. The molecule has 0 bridgehead atoms. The lowest BCUT2D eigenvalue weighted by Gasteiger charge is -2.21. The highest BCUT2D eigenvalue weighted by Gasteiger charge is 2.15. The van der Waals surface area contributed by atoms with E-state index < -0.39 is 17.6 Å². The van der Waals surface area contributed by atoms with E-state index in [4.69, 9.17) is 9.15 Å². The second-order valence-corrected chi connectivity index (χ2v) is 8.03. The molecule has 0 saturated carbocycles. The maximum absolute atomic E-state index is 12.5. The van der Waals surface area contributed by atoms with Crippen LogP contribution in [-0.4, -0.2) is 44.3 Å². The highest BCUT2D eigenvalue weighted by atomic mass is 16.6. The number of benzene rings is 1. The van der Waals surface area contributed by atoms with Crippen molar-refractivity contribution in [3.05, 3.63) is 52.4 Å². The minimum absolute atomic E-state index is 0.0691. The van der Waals surface area contributed by atoms with Crippen molar-refractivity contribution in [2.45, 2.75) is 52.1 Å². The zero-order valence-electron chi connectivity index (χ0n) is 19.4.